The molecule has 16 heavy (non-hydrogen) atoms. The zero-order chi connectivity index (χ0) is 10.8. The minimum atomic E-state index is 0.749. The largest absolute Gasteiger partial charge is 0.381 e. The predicted octanol–water partition coefficient (Wildman–Crippen LogP) is 2.30. The second kappa shape index (κ2) is 4.26. The van der Waals surface area contributed by atoms with E-state index >= 15 is 0 Å². The van der Waals surface area contributed by atoms with Crippen LogP contribution in [0.3, 0.4) is 0 Å². The molecule has 3 rings (SSSR count). The summed E-state index contributed by atoms with van der Waals surface area (Å²) in [6, 6.07) is 6.11. The highest BCUT2D eigenvalue weighted by Gasteiger charge is 2.15. The monoisotopic (exact) mass is 216 g/mol. The van der Waals surface area contributed by atoms with Gasteiger partial charge in [-0.3, -0.25) is 0 Å². The lowest BCUT2D eigenvalue weighted by molar-refractivity contribution is 0.0663. The smallest absolute Gasteiger partial charge is 0.136 e. The quantitative estimate of drug-likeness (QED) is 0.770. The van der Waals surface area contributed by atoms with Gasteiger partial charge < -0.3 is 9.14 Å². The van der Waals surface area contributed by atoms with Gasteiger partial charge in [-0.2, -0.15) is 0 Å². The Labute approximate surface area is 95.1 Å². The summed E-state index contributed by atoms with van der Waals surface area (Å²) in [4.78, 5) is 4.63. The van der Waals surface area contributed by atoms with Crippen LogP contribution in [0.5, 0.6) is 0 Å². The SMILES string of the molecule is c1ccn2cc(CC3CCOCC3)nc2c1. The standard InChI is InChI=1S/C13H16N2O/c1-2-6-15-10-12(14-13(15)3-1)9-11-4-7-16-8-5-11/h1-3,6,10-11H,4-5,7-9H2. The molecule has 0 spiro atoms. The number of hydrogen-bond donors (Lipinski definition) is 0. The van der Waals surface area contributed by atoms with Gasteiger partial charge >= 0.3 is 0 Å². The molecule has 1 aliphatic heterocycles. The van der Waals surface area contributed by atoms with Gasteiger partial charge in [0.25, 0.3) is 0 Å². The first-order valence-corrected chi connectivity index (χ1v) is 5.92. The molecule has 1 saturated heterocycles. The summed E-state index contributed by atoms with van der Waals surface area (Å²) >= 11 is 0. The number of nitrogens with zero attached hydrogens (tertiary/aromatic N) is 2. The third-order valence-corrected chi connectivity index (χ3v) is 3.25. The minimum absolute atomic E-state index is 0.749. The number of fused-ring (bicyclic) bond motifs is 1. The predicted molar refractivity (Wildman–Crippen MR) is 62.4 cm³/mol. The summed E-state index contributed by atoms with van der Waals surface area (Å²) in [6.07, 6.45) is 7.63. The molecular weight excluding hydrogens is 200 g/mol. The summed E-state index contributed by atoms with van der Waals surface area (Å²) < 4.78 is 7.46. The van der Waals surface area contributed by atoms with Gasteiger partial charge in [0.1, 0.15) is 5.65 Å². The third kappa shape index (κ3) is 1.95. The first-order valence-electron chi connectivity index (χ1n) is 5.92. The van der Waals surface area contributed by atoms with Gasteiger partial charge in [-0.15, -0.1) is 0 Å². The third-order valence-electron chi connectivity index (χ3n) is 3.25. The van der Waals surface area contributed by atoms with Gasteiger partial charge in [0.2, 0.25) is 0 Å². The summed E-state index contributed by atoms with van der Waals surface area (Å²) in [5, 5.41) is 0. The van der Waals surface area contributed by atoms with Crippen molar-refractivity contribution < 1.29 is 4.74 Å². The van der Waals surface area contributed by atoms with Crippen molar-refractivity contribution in [2.24, 2.45) is 5.92 Å². The molecule has 84 valence electrons. The van der Waals surface area contributed by atoms with Crippen LogP contribution in [0, 0.1) is 5.92 Å². The normalized spacial score (nSPS) is 18.0. The maximum Gasteiger partial charge on any atom is 0.136 e. The van der Waals surface area contributed by atoms with Crippen LogP contribution in [0.4, 0.5) is 0 Å². The van der Waals surface area contributed by atoms with Crippen LogP contribution < -0.4 is 0 Å². The molecular formula is C13H16N2O. The number of pyridine rings is 1. The molecule has 0 N–H and O–H groups in total. The maximum atomic E-state index is 5.37. The number of aromatic nitrogens is 2. The molecule has 0 amide bonds. The summed E-state index contributed by atoms with van der Waals surface area (Å²) in [5.74, 6) is 0.749. The highest BCUT2D eigenvalue weighted by atomic mass is 16.5. The zero-order valence-corrected chi connectivity index (χ0v) is 9.30. The van der Waals surface area contributed by atoms with Gasteiger partial charge in [-0.25, -0.2) is 4.98 Å². The average molecular weight is 216 g/mol. The number of imidazole rings is 1. The Morgan fingerprint density at radius 2 is 2.19 bits per heavy atom. The lowest BCUT2D eigenvalue weighted by atomic mass is 9.95. The Bertz CT molecular complexity index is 438. The van der Waals surface area contributed by atoms with Crippen LogP contribution in [0.1, 0.15) is 18.5 Å². The van der Waals surface area contributed by atoms with Gasteiger partial charge in [-0.1, -0.05) is 6.07 Å². The first-order chi connectivity index (χ1) is 7.92. The molecule has 2 aromatic rings. The second-order valence-electron chi connectivity index (χ2n) is 4.46. The Balaban J connectivity index is 1.78. The molecule has 0 bridgehead atoms. The van der Waals surface area contributed by atoms with Crippen molar-refractivity contribution in [2.45, 2.75) is 19.3 Å². The van der Waals surface area contributed by atoms with Crippen molar-refractivity contribution in [2.75, 3.05) is 13.2 Å². The first kappa shape index (κ1) is 9.85. The van der Waals surface area contributed by atoms with E-state index in [1.54, 1.807) is 0 Å². The fourth-order valence-corrected chi connectivity index (χ4v) is 2.33. The molecule has 1 aliphatic rings. The molecule has 2 aromatic heterocycles. The van der Waals surface area contributed by atoms with E-state index in [2.05, 4.69) is 21.8 Å². The van der Waals surface area contributed by atoms with E-state index in [0.29, 0.717) is 0 Å². The van der Waals surface area contributed by atoms with Crippen LogP contribution in [0.2, 0.25) is 0 Å². The van der Waals surface area contributed by atoms with E-state index in [1.165, 1.54) is 18.5 Å². The van der Waals surface area contributed by atoms with Crippen LogP contribution >= 0.6 is 0 Å². The molecule has 0 aromatic carbocycles. The van der Waals surface area contributed by atoms with Gasteiger partial charge in [0, 0.05) is 25.6 Å². The molecule has 3 nitrogen and oxygen atoms in total. The molecule has 0 aliphatic carbocycles. The van der Waals surface area contributed by atoms with Crippen molar-refractivity contribution in [3.05, 3.63) is 36.3 Å². The maximum absolute atomic E-state index is 5.37. The molecule has 3 heterocycles. The number of rotatable bonds is 2. The van der Waals surface area contributed by atoms with Crippen LogP contribution in [-0.2, 0) is 11.2 Å². The van der Waals surface area contributed by atoms with Crippen LogP contribution in [-0.4, -0.2) is 22.6 Å². The van der Waals surface area contributed by atoms with Crippen LogP contribution in [0.25, 0.3) is 5.65 Å². The summed E-state index contributed by atoms with van der Waals surface area (Å²) in [5.41, 5.74) is 2.25. The highest BCUT2D eigenvalue weighted by molar-refractivity contribution is 5.39. The average Bonchev–Trinajstić information content (AvgIpc) is 2.72. The van der Waals surface area contributed by atoms with Crippen LogP contribution in [0.15, 0.2) is 30.6 Å². The Kier molecular flexibility index (Phi) is 2.62. The number of ether oxygens (including phenoxy) is 1. The van der Waals surface area contributed by atoms with E-state index in [1.807, 2.05) is 18.2 Å². The van der Waals surface area contributed by atoms with E-state index < -0.39 is 0 Å². The van der Waals surface area contributed by atoms with Crippen molar-refractivity contribution in [3.8, 4) is 0 Å². The van der Waals surface area contributed by atoms with E-state index in [-0.39, 0.29) is 0 Å². The second-order valence-corrected chi connectivity index (χ2v) is 4.46. The van der Waals surface area contributed by atoms with Crippen molar-refractivity contribution in [1.29, 1.82) is 0 Å². The summed E-state index contributed by atoms with van der Waals surface area (Å²) in [6.45, 7) is 1.83. The van der Waals surface area contributed by atoms with Crippen molar-refractivity contribution in [3.63, 3.8) is 0 Å². The lowest BCUT2D eigenvalue weighted by Gasteiger charge is -2.20. The molecule has 0 radical (unpaired) electrons. The van der Waals surface area contributed by atoms with Gasteiger partial charge in [0.15, 0.2) is 0 Å². The van der Waals surface area contributed by atoms with Gasteiger partial charge in [0.05, 0.1) is 5.69 Å². The fraction of sp³-hybridized carbons (Fsp3) is 0.462. The molecule has 1 fully saturated rings. The lowest BCUT2D eigenvalue weighted by Crippen LogP contribution is -2.17. The molecule has 3 heteroatoms. The Morgan fingerprint density at radius 1 is 1.31 bits per heavy atom. The minimum Gasteiger partial charge on any atom is -0.381 e. The summed E-state index contributed by atoms with van der Waals surface area (Å²) in [7, 11) is 0. The zero-order valence-electron chi connectivity index (χ0n) is 9.30. The fourth-order valence-electron chi connectivity index (χ4n) is 2.33. The molecule has 0 saturated carbocycles. The van der Waals surface area contributed by atoms with Gasteiger partial charge in [-0.05, 0) is 37.3 Å². The Morgan fingerprint density at radius 3 is 3.00 bits per heavy atom. The molecule has 0 atom stereocenters. The van der Waals surface area contributed by atoms with Crippen molar-refractivity contribution in [1.82, 2.24) is 9.38 Å². The molecule has 0 unspecified atom stereocenters. The van der Waals surface area contributed by atoms with E-state index in [4.69, 9.17) is 4.74 Å². The van der Waals surface area contributed by atoms with E-state index in [0.717, 1.165) is 31.2 Å². The van der Waals surface area contributed by atoms with Crippen molar-refractivity contribution >= 4 is 5.65 Å². The van der Waals surface area contributed by atoms with E-state index in [9.17, 15) is 0 Å². The Hall–Kier alpha value is -1.35. The number of hydrogen-bond acceptors (Lipinski definition) is 2. The highest BCUT2D eigenvalue weighted by Crippen LogP contribution is 2.19. The topological polar surface area (TPSA) is 26.5 Å².